The minimum Gasteiger partial charge on any atom is -0.351 e. The molecule has 0 aromatic rings. The van der Waals surface area contributed by atoms with E-state index >= 15 is 0 Å². The molecule has 2 aliphatic rings. The molecule has 3 heteroatoms. The molecule has 1 aliphatic carbocycles. The summed E-state index contributed by atoms with van der Waals surface area (Å²) in [7, 11) is 0. The molecule has 0 N–H and O–H groups in total. The Labute approximate surface area is 117 Å². The molecule has 0 aromatic heterocycles. The SMILES string of the molecule is CCCCC1OC(C2CCCCC2)OCC1(C)C#N. The van der Waals surface area contributed by atoms with Gasteiger partial charge in [0.25, 0.3) is 0 Å². The summed E-state index contributed by atoms with van der Waals surface area (Å²) < 4.78 is 12.1. The van der Waals surface area contributed by atoms with Crippen LogP contribution in [-0.4, -0.2) is 19.0 Å². The van der Waals surface area contributed by atoms with Gasteiger partial charge in [0.2, 0.25) is 0 Å². The molecule has 2 fully saturated rings. The van der Waals surface area contributed by atoms with E-state index in [4.69, 9.17) is 9.47 Å². The molecular weight excluding hydrogens is 238 g/mol. The van der Waals surface area contributed by atoms with Crippen LogP contribution in [0, 0.1) is 22.7 Å². The number of ether oxygens (including phenoxy) is 2. The minimum atomic E-state index is -0.472. The molecule has 3 atom stereocenters. The molecule has 3 unspecified atom stereocenters. The number of rotatable bonds is 4. The van der Waals surface area contributed by atoms with Crippen molar-refractivity contribution in [3.8, 4) is 6.07 Å². The fourth-order valence-electron chi connectivity index (χ4n) is 3.23. The summed E-state index contributed by atoms with van der Waals surface area (Å²) in [6.07, 6.45) is 9.59. The van der Waals surface area contributed by atoms with E-state index in [1.807, 2.05) is 6.92 Å². The van der Waals surface area contributed by atoms with Crippen LogP contribution in [-0.2, 0) is 9.47 Å². The first kappa shape index (κ1) is 14.8. The van der Waals surface area contributed by atoms with Gasteiger partial charge in [0.1, 0.15) is 5.41 Å². The number of nitrogens with zero attached hydrogens (tertiary/aromatic N) is 1. The zero-order valence-electron chi connectivity index (χ0n) is 12.4. The Morgan fingerprint density at radius 1 is 1.26 bits per heavy atom. The summed E-state index contributed by atoms with van der Waals surface area (Å²) >= 11 is 0. The molecule has 3 nitrogen and oxygen atoms in total. The zero-order chi connectivity index (χ0) is 13.7. The van der Waals surface area contributed by atoms with Crippen LogP contribution < -0.4 is 0 Å². The van der Waals surface area contributed by atoms with E-state index < -0.39 is 5.41 Å². The summed E-state index contributed by atoms with van der Waals surface area (Å²) in [5, 5.41) is 9.41. The Kier molecular flexibility index (Phi) is 5.24. The van der Waals surface area contributed by atoms with Crippen LogP contribution in [0.15, 0.2) is 0 Å². The maximum atomic E-state index is 9.41. The zero-order valence-corrected chi connectivity index (χ0v) is 12.4. The van der Waals surface area contributed by atoms with E-state index in [9.17, 15) is 5.26 Å². The maximum absolute atomic E-state index is 9.41. The number of hydrogen-bond acceptors (Lipinski definition) is 3. The number of hydrogen-bond donors (Lipinski definition) is 0. The molecule has 0 radical (unpaired) electrons. The summed E-state index contributed by atoms with van der Waals surface area (Å²) in [6.45, 7) is 4.69. The van der Waals surface area contributed by atoms with Crippen LogP contribution in [0.25, 0.3) is 0 Å². The molecule has 0 bridgehead atoms. The molecular formula is C16H27NO2. The third-order valence-corrected chi connectivity index (χ3v) is 4.67. The molecule has 1 saturated heterocycles. The van der Waals surface area contributed by atoms with Gasteiger partial charge in [-0.15, -0.1) is 0 Å². The van der Waals surface area contributed by atoms with Crippen molar-refractivity contribution in [3.05, 3.63) is 0 Å². The normalized spacial score (nSPS) is 36.9. The standard InChI is InChI=1S/C16H27NO2/c1-3-4-10-14-16(2,11-17)12-18-15(19-14)13-8-6-5-7-9-13/h13-15H,3-10,12H2,1-2H3. The quantitative estimate of drug-likeness (QED) is 0.770. The van der Waals surface area contributed by atoms with Crippen molar-refractivity contribution in [2.45, 2.75) is 77.6 Å². The van der Waals surface area contributed by atoms with Gasteiger partial charge in [-0.2, -0.15) is 5.26 Å². The van der Waals surface area contributed by atoms with Crippen LogP contribution >= 0.6 is 0 Å². The van der Waals surface area contributed by atoms with Gasteiger partial charge in [-0.05, 0) is 26.2 Å². The van der Waals surface area contributed by atoms with E-state index in [0.717, 1.165) is 19.3 Å². The lowest BCUT2D eigenvalue weighted by molar-refractivity contribution is -0.274. The average molecular weight is 265 g/mol. The lowest BCUT2D eigenvalue weighted by atomic mass is 9.82. The Morgan fingerprint density at radius 3 is 2.63 bits per heavy atom. The highest BCUT2D eigenvalue weighted by molar-refractivity contribution is 5.03. The van der Waals surface area contributed by atoms with Gasteiger partial charge in [-0.1, -0.05) is 39.0 Å². The molecule has 1 heterocycles. The van der Waals surface area contributed by atoms with Gasteiger partial charge < -0.3 is 9.47 Å². The summed E-state index contributed by atoms with van der Waals surface area (Å²) in [5.41, 5.74) is -0.472. The van der Waals surface area contributed by atoms with Crippen molar-refractivity contribution in [2.24, 2.45) is 11.3 Å². The molecule has 2 rings (SSSR count). The highest BCUT2D eigenvalue weighted by Gasteiger charge is 2.43. The molecule has 108 valence electrons. The second kappa shape index (κ2) is 6.72. The Hall–Kier alpha value is -0.590. The van der Waals surface area contributed by atoms with E-state index in [-0.39, 0.29) is 12.4 Å². The topological polar surface area (TPSA) is 42.2 Å². The highest BCUT2D eigenvalue weighted by atomic mass is 16.7. The Balaban J connectivity index is 1.97. The molecule has 0 amide bonds. The van der Waals surface area contributed by atoms with E-state index in [2.05, 4.69) is 13.0 Å². The van der Waals surface area contributed by atoms with Crippen molar-refractivity contribution in [2.75, 3.05) is 6.61 Å². The van der Waals surface area contributed by atoms with Crippen LogP contribution in [0.3, 0.4) is 0 Å². The van der Waals surface area contributed by atoms with Crippen LogP contribution in [0.4, 0.5) is 0 Å². The first-order valence-electron chi connectivity index (χ1n) is 7.88. The van der Waals surface area contributed by atoms with Gasteiger partial charge in [0.05, 0.1) is 18.8 Å². The van der Waals surface area contributed by atoms with E-state index in [0.29, 0.717) is 12.5 Å². The summed E-state index contributed by atoms with van der Waals surface area (Å²) in [4.78, 5) is 0. The lowest BCUT2D eigenvalue weighted by Gasteiger charge is -2.43. The maximum Gasteiger partial charge on any atom is 0.160 e. The molecule has 1 saturated carbocycles. The van der Waals surface area contributed by atoms with Gasteiger partial charge in [-0.3, -0.25) is 0 Å². The summed E-state index contributed by atoms with van der Waals surface area (Å²) in [5.74, 6) is 0.543. The van der Waals surface area contributed by atoms with Crippen molar-refractivity contribution >= 4 is 0 Å². The lowest BCUT2D eigenvalue weighted by Crippen LogP contribution is -2.49. The first-order chi connectivity index (χ1) is 9.19. The third-order valence-electron chi connectivity index (χ3n) is 4.67. The van der Waals surface area contributed by atoms with Gasteiger partial charge in [-0.25, -0.2) is 0 Å². The van der Waals surface area contributed by atoms with Gasteiger partial charge >= 0.3 is 0 Å². The van der Waals surface area contributed by atoms with E-state index in [1.165, 1.54) is 32.1 Å². The predicted octanol–water partition coefficient (Wildman–Crippen LogP) is 4.03. The van der Waals surface area contributed by atoms with Crippen LogP contribution in [0.5, 0.6) is 0 Å². The number of unbranched alkanes of at least 4 members (excludes halogenated alkanes) is 1. The average Bonchev–Trinajstić information content (AvgIpc) is 2.47. The smallest absolute Gasteiger partial charge is 0.160 e. The molecule has 0 aromatic carbocycles. The van der Waals surface area contributed by atoms with Crippen LogP contribution in [0.1, 0.15) is 65.2 Å². The minimum absolute atomic E-state index is 0.0399. The highest BCUT2D eigenvalue weighted by Crippen LogP contribution is 2.38. The van der Waals surface area contributed by atoms with E-state index in [1.54, 1.807) is 0 Å². The molecule has 19 heavy (non-hydrogen) atoms. The fourth-order valence-corrected chi connectivity index (χ4v) is 3.23. The monoisotopic (exact) mass is 265 g/mol. The fraction of sp³-hybridized carbons (Fsp3) is 0.938. The summed E-state index contributed by atoms with van der Waals surface area (Å²) in [6, 6.07) is 2.41. The van der Waals surface area contributed by atoms with Crippen molar-refractivity contribution < 1.29 is 9.47 Å². The third kappa shape index (κ3) is 3.49. The van der Waals surface area contributed by atoms with Gasteiger partial charge in [0.15, 0.2) is 6.29 Å². The molecule has 1 aliphatic heterocycles. The predicted molar refractivity (Wildman–Crippen MR) is 74.4 cm³/mol. The van der Waals surface area contributed by atoms with Crippen LogP contribution in [0.2, 0.25) is 0 Å². The molecule has 0 spiro atoms. The van der Waals surface area contributed by atoms with Crippen molar-refractivity contribution in [1.29, 1.82) is 5.26 Å². The van der Waals surface area contributed by atoms with Crippen molar-refractivity contribution in [1.82, 2.24) is 0 Å². The Morgan fingerprint density at radius 2 is 2.00 bits per heavy atom. The van der Waals surface area contributed by atoms with Crippen molar-refractivity contribution in [3.63, 3.8) is 0 Å². The number of nitriles is 1. The Bertz CT molecular complexity index is 319. The largest absolute Gasteiger partial charge is 0.351 e. The second-order valence-corrected chi connectivity index (χ2v) is 6.37. The van der Waals surface area contributed by atoms with Gasteiger partial charge in [0, 0.05) is 5.92 Å². The first-order valence-corrected chi connectivity index (χ1v) is 7.88. The second-order valence-electron chi connectivity index (χ2n) is 6.37.